The summed E-state index contributed by atoms with van der Waals surface area (Å²) in [5.74, 6) is -1.22. The minimum atomic E-state index is -0.693. The minimum absolute atomic E-state index is 0.110. The third-order valence-electron chi connectivity index (χ3n) is 3.73. The molecule has 0 unspecified atom stereocenters. The van der Waals surface area contributed by atoms with Crippen molar-refractivity contribution in [2.24, 2.45) is 0 Å². The Balaban J connectivity index is 1.80. The first kappa shape index (κ1) is 15.3. The van der Waals surface area contributed by atoms with Crippen LogP contribution >= 0.6 is 0 Å². The summed E-state index contributed by atoms with van der Waals surface area (Å²) < 4.78 is 0. The molecular weight excluding hydrogens is 270 g/mol. The molecule has 6 nitrogen and oxygen atoms in total. The topological polar surface area (TPSA) is 81.7 Å². The maximum atomic E-state index is 11.8. The Kier molecular flexibility index (Phi) is 5.16. The summed E-state index contributed by atoms with van der Waals surface area (Å²) in [4.78, 5) is 25.8. The molecule has 0 spiro atoms. The van der Waals surface area contributed by atoms with Gasteiger partial charge in [-0.25, -0.2) is 0 Å². The fourth-order valence-corrected chi connectivity index (χ4v) is 2.57. The van der Waals surface area contributed by atoms with Crippen LogP contribution < -0.4 is 10.6 Å². The number of hydrogen-bond donors (Lipinski definition) is 3. The van der Waals surface area contributed by atoms with E-state index in [0.29, 0.717) is 18.3 Å². The number of carbonyl (C=O) groups excluding carboxylic acids is 2. The quantitative estimate of drug-likeness (QED) is 0.569. The van der Waals surface area contributed by atoms with Crippen molar-refractivity contribution in [3.05, 3.63) is 24.3 Å². The number of nitrogens with one attached hydrogen (secondary N) is 2. The molecule has 1 heterocycles. The molecule has 1 aromatic carbocycles. The molecule has 2 rings (SSSR count). The van der Waals surface area contributed by atoms with Crippen molar-refractivity contribution >= 4 is 17.5 Å². The van der Waals surface area contributed by atoms with E-state index < -0.39 is 11.8 Å². The normalized spacial score (nSPS) is 18.4. The van der Waals surface area contributed by atoms with Gasteiger partial charge >= 0.3 is 11.8 Å². The number of amides is 2. The van der Waals surface area contributed by atoms with Gasteiger partial charge < -0.3 is 15.7 Å². The van der Waals surface area contributed by atoms with Crippen molar-refractivity contribution in [3.8, 4) is 5.75 Å². The number of likely N-dealkylation sites (tertiary alicyclic amines) is 1. The number of phenols is 1. The van der Waals surface area contributed by atoms with Gasteiger partial charge in [-0.3, -0.25) is 14.5 Å². The number of benzene rings is 1. The SMILES string of the molecule is CCN1CCC[C@H]1CNC(=O)C(=O)Nc1ccc(O)cc1. The van der Waals surface area contributed by atoms with Crippen molar-refractivity contribution < 1.29 is 14.7 Å². The fourth-order valence-electron chi connectivity index (χ4n) is 2.57. The molecule has 0 aromatic heterocycles. The highest BCUT2D eigenvalue weighted by Gasteiger charge is 2.24. The number of anilines is 1. The van der Waals surface area contributed by atoms with Crippen LogP contribution in [0.15, 0.2) is 24.3 Å². The Morgan fingerprint density at radius 2 is 2.00 bits per heavy atom. The van der Waals surface area contributed by atoms with Crippen molar-refractivity contribution in [2.75, 3.05) is 25.0 Å². The first-order valence-corrected chi connectivity index (χ1v) is 7.22. The molecule has 2 amide bonds. The molecular formula is C15H21N3O3. The van der Waals surface area contributed by atoms with E-state index in [-0.39, 0.29) is 5.75 Å². The molecule has 0 bridgehead atoms. The summed E-state index contributed by atoms with van der Waals surface area (Å²) in [7, 11) is 0. The van der Waals surface area contributed by atoms with Crippen LogP contribution in [0.25, 0.3) is 0 Å². The number of nitrogens with zero attached hydrogens (tertiary/aromatic N) is 1. The van der Waals surface area contributed by atoms with Crippen LogP contribution in [-0.2, 0) is 9.59 Å². The van der Waals surface area contributed by atoms with Crippen molar-refractivity contribution in [1.29, 1.82) is 0 Å². The number of aromatic hydroxyl groups is 1. The maximum Gasteiger partial charge on any atom is 0.313 e. The summed E-state index contributed by atoms with van der Waals surface area (Å²) in [6.07, 6.45) is 2.18. The van der Waals surface area contributed by atoms with Crippen molar-refractivity contribution in [2.45, 2.75) is 25.8 Å². The third kappa shape index (κ3) is 4.19. The third-order valence-corrected chi connectivity index (χ3v) is 3.73. The molecule has 21 heavy (non-hydrogen) atoms. The van der Waals surface area contributed by atoms with Gasteiger partial charge in [-0.15, -0.1) is 0 Å². The van der Waals surface area contributed by atoms with Gasteiger partial charge in [-0.2, -0.15) is 0 Å². The van der Waals surface area contributed by atoms with E-state index in [4.69, 9.17) is 5.11 Å². The second kappa shape index (κ2) is 7.08. The van der Waals surface area contributed by atoms with Gasteiger partial charge in [-0.1, -0.05) is 6.92 Å². The second-order valence-electron chi connectivity index (χ2n) is 5.14. The van der Waals surface area contributed by atoms with Crippen LogP contribution in [0.3, 0.4) is 0 Å². The summed E-state index contributed by atoms with van der Waals surface area (Å²) >= 11 is 0. The fraction of sp³-hybridized carbons (Fsp3) is 0.467. The first-order valence-electron chi connectivity index (χ1n) is 7.22. The number of rotatable bonds is 4. The van der Waals surface area contributed by atoms with Crippen LogP contribution in [0, 0.1) is 0 Å². The zero-order chi connectivity index (χ0) is 15.2. The summed E-state index contributed by atoms with van der Waals surface area (Å²) in [6, 6.07) is 6.29. The van der Waals surface area contributed by atoms with Crippen molar-refractivity contribution in [1.82, 2.24) is 10.2 Å². The predicted molar refractivity (Wildman–Crippen MR) is 80.0 cm³/mol. The van der Waals surface area contributed by atoms with E-state index in [0.717, 1.165) is 25.9 Å². The lowest BCUT2D eigenvalue weighted by molar-refractivity contribution is -0.136. The van der Waals surface area contributed by atoms with Gasteiger partial charge in [0.15, 0.2) is 0 Å². The van der Waals surface area contributed by atoms with Crippen LogP contribution in [-0.4, -0.2) is 47.5 Å². The van der Waals surface area contributed by atoms with Crippen LogP contribution in [0.4, 0.5) is 5.69 Å². The van der Waals surface area contributed by atoms with E-state index in [1.54, 1.807) is 0 Å². The highest BCUT2D eigenvalue weighted by molar-refractivity contribution is 6.39. The lowest BCUT2D eigenvalue weighted by Crippen LogP contribution is -2.43. The molecule has 1 aliphatic rings. The molecule has 0 saturated carbocycles. The minimum Gasteiger partial charge on any atom is -0.508 e. The standard InChI is InChI=1S/C15H21N3O3/c1-2-18-9-3-4-12(18)10-16-14(20)15(21)17-11-5-7-13(19)8-6-11/h5-8,12,19H,2-4,9-10H2,1H3,(H,16,20)(H,17,21)/t12-/m0/s1. The smallest absolute Gasteiger partial charge is 0.313 e. The predicted octanol–water partition coefficient (Wildman–Crippen LogP) is 0.931. The van der Waals surface area contributed by atoms with Gasteiger partial charge in [0.25, 0.3) is 0 Å². The van der Waals surface area contributed by atoms with Crippen LogP contribution in [0.1, 0.15) is 19.8 Å². The lowest BCUT2D eigenvalue weighted by atomic mass is 10.2. The van der Waals surface area contributed by atoms with E-state index >= 15 is 0 Å². The second-order valence-corrected chi connectivity index (χ2v) is 5.14. The van der Waals surface area contributed by atoms with Crippen LogP contribution in [0.2, 0.25) is 0 Å². The molecule has 1 aliphatic heterocycles. The Labute approximate surface area is 124 Å². The molecule has 1 aromatic rings. The van der Waals surface area contributed by atoms with Gasteiger partial charge in [-0.05, 0) is 50.2 Å². The lowest BCUT2D eigenvalue weighted by Gasteiger charge is -2.22. The van der Waals surface area contributed by atoms with E-state index in [2.05, 4.69) is 22.5 Å². The van der Waals surface area contributed by atoms with Gasteiger partial charge in [0.1, 0.15) is 5.75 Å². The number of hydrogen-bond acceptors (Lipinski definition) is 4. The Morgan fingerprint density at radius 3 is 2.67 bits per heavy atom. The molecule has 0 radical (unpaired) electrons. The van der Waals surface area contributed by atoms with Gasteiger partial charge in [0.05, 0.1) is 0 Å². The molecule has 1 saturated heterocycles. The maximum absolute atomic E-state index is 11.8. The Bertz CT molecular complexity index is 501. The monoisotopic (exact) mass is 291 g/mol. The highest BCUT2D eigenvalue weighted by Crippen LogP contribution is 2.16. The summed E-state index contributed by atoms with van der Waals surface area (Å²) in [6.45, 7) is 4.60. The molecule has 0 aliphatic carbocycles. The van der Waals surface area contributed by atoms with E-state index in [1.165, 1.54) is 24.3 Å². The Hall–Kier alpha value is -2.08. The molecule has 1 fully saturated rings. The Morgan fingerprint density at radius 1 is 1.29 bits per heavy atom. The van der Waals surface area contributed by atoms with Gasteiger partial charge in [0, 0.05) is 18.3 Å². The van der Waals surface area contributed by atoms with E-state index in [9.17, 15) is 9.59 Å². The largest absolute Gasteiger partial charge is 0.508 e. The summed E-state index contributed by atoms with van der Waals surface area (Å²) in [5.41, 5.74) is 0.476. The molecule has 6 heteroatoms. The zero-order valence-electron chi connectivity index (χ0n) is 12.1. The van der Waals surface area contributed by atoms with Crippen LogP contribution in [0.5, 0.6) is 5.75 Å². The van der Waals surface area contributed by atoms with Crippen molar-refractivity contribution in [3.63, 3.8) is 0 Å². The molecule has 114 valence electrons. The molecule has 3 N–H and O–H groups in total. The number of carbonyl (C=O) groups is 2. The van der Waals surface area contributed by atoms with E-state index in [1.807, 2.05) is 0 Å². The number of likely N-dealkylation sites (N-methyl/N-ethyl adjacent to an activating group) is 1. The first-order chi connectivity index (χ1) is 10.1. The number of phenolic OH excluding ortho intramolecular Hbond substituents is 1. The summed E-state index contributed by atoms with van der Waals surface area (Å²) in [5, 5.41) is 14.3. The average molecular weight is 291 g/mol. The van der Waals surface area contributed by atoms with Gasteiger partial charge in [0.2, 0.25) is 0 Å². The molecule has 1 atom stereocenters. The highest BCUT2D eigenvalue weighted by atomic mass is 16.3. The average Bonchev–Trinajstić information content (AvgIpc) is 2.94. The zero-order valence-corrected chi connectivity index (χ0v) is 12.1.